The minimum absolute atomic E-state index is 0.0719. The van der Waals surface area contributed by atoms with Gasteiger partial charge in [-0.3, -0.25) is 4.79 Å². The monoisotopic (exact) mass is 352 g/mol. The van der Waals surface area contributed by atoms with Crippen LogP contribution in [-0.2, 0) is 12.8 Å². The maximum Gasteiger partial charge on any atom is 0.254 e. The van der Waals surface area contributed by atoms with Crippen LogP contribution in [-0.4, -0.2) is 47.0 Å². The number of aryl methyl sites for hydroxylation is 1. The molecule has 1 aliphatic carbocycles. The molecule has 6 nitrogen and oxygen atoms in total. The topological polar surface area (TPSA) is 67.3 Å². The predicted octanol–water partition coefficient (Wildman–Crippen LogP) is 2.61. The summed E-state index contributed by atoms with van der Waals surface area (Å²) in [4.78, 5) is 23.9. The van der Waals surface area contributed by atoms with Crippen LogP contribution >= 0.6 is 0 Å². The van der Waals surface area contributed by atoms with Crippen molar-refractivity contribution in [2.75, 3.05) is 25.5 Å². The van der Waals surface area contributed by atoms with Gasteiger partial charge in [-0.15, -0.1) is 0 Å². The zero-order valence-corrected chi connectivity index (χ0v) is 15.3. The van der Waals surface area contributed by atoms with Gasteiger partial charge in [-0.05, 0) is 49.9 Å². The van der Waals surface area contributed by atoms with E-state index in [1.165, 1.54) is 18.4 Å². The van der Waals surface area contributed by atoms with E-state index in [4.69, 9.17) is 4.74 Å². The van der Waals surface area contributed by atoms with E-state index in [0.29, 0.717) is 19.1 Å². The molecule has 1 N–H and O–H groups in total. The molecule has 1 aromatic heterocycles. The molecule has 26 heavy (non-hydrogen) atoms. The molecule has 1 aliphatic heterocycles. The summed E-state index contributed by atoms with van der Waals surface area (Å²) in [7, 11) is 1.64. The molecule has 2 aromatic rings. The summed E-state index contributed by atoms with van der Waals surface area (Å²) in [5.41, 5.74) is 3.90. The number of fused-ring (bicyclic) bond motifs is 1. The van der Waals surface area contributed by atoms with Crippen LogP contribution in [0.4, 0.5) is 5.82 Å². The molecule has 0 radical (unpaired) electrons. The van der Waals surface area contributed by atoms with Crippen molar-refractivity contribution in [1.82, 2.24) is 14.9 Å². The first-order chi connectivity index (χ1) is 12.7. The third-order valence-corrected chi connectivity index (χ3v) is 5.15. The standard InChI is InChI=1S/C20H24N4O2/c1-13-11-15(26-2)5-6-16(13)20(25)24-9-7-17-18(8-10-24)21-12-22-19(17)23-14-3-4-14/h5-6,11-12,14H,3-4,7-10H2,1-2H3,(H,21,22,23). The van der Waals surface area contributed by atoms with Gasteiger partial charge < -0.3 is 15.0 Å². The van der Waals surface area contributed by atoms with Crippen LogP contribution in [0.5, 0.6) is 5.75 Å². The van der Waals surface area contributed by atoms with Crippen molar-refractivity contribution in [3.05, 3.63) is 46.9 Å². The number of amides is 1. The lowest BCUT2D eigenvalue weighted by Gasteiger charge is -2.21. The fraction of sp³-hybridized carbons (Fsp3) is 0.450. The number of methoxy groups -OCH3 is 1. The Labute approximate surface area is 153 Å². The van der Waals surface area contributed by atoms with E-state index in [2.05, 4.69) is 15.3 Å². The Morgan fingerprint density at radius 1 is 1.23 bits per heavy atom. The van der Waals surface area contributed by atoms with Gasteiger partial charge in [-0.25, -0.2) is 9.97 Å². The van der Waals surface area contributed by atoms with Gasteiger partial charge in [0.05, 0.1) is 12.8 Å². The zero-order chi connectivity index (χ0) is 18.1. The van der Waals surface area contributed by atoms with E-state index in [1.807, 2.05) is 30.0 Å². The largest absolute Gasteiger partial charge is 0.497 e. The molecule has 0 unspecified atom stereocenters. The Kier molecular flexibility index (Phi) is 4.49. The maximum absolute atomic E-state index is 13.0. The van der Waals surface area contributed by atoms with E-state index < -0.39 is 0 Å². The summed E-state index contributed by atoms with van der Waals surface area (Å²) in [5, 5.41) is 3.50. The van der Waals surface area contributed by atoms with Crippen molar-refractivity contribution in [1.29, 1.82) is 0 Å². The third kappa shape index (κ3) is 3.36. The van der Waals surface area contributed by atoms with Crippen molar-refractivity contribution < 1.29 is 9.53 Å². The van der Waals surface area contributed by atoms with Gasteiger partial charge in [0.15, 0.2) is 0 Å². The van der Waals surface area contributed by atoms with Gasteiger partial charge in [0.2, 0.25) is 0 Å². The number of benzene rings is 1. The molecule has 1 saturated carbocycles. The molecule has 0 saturated heterocycles. The second-order valence-electron chi connectivity index (χ2n) is 7.04. The molecule has 1 amide bonds. The van der Waals surface area contributed by atoms with Crippen LogP contribution in [0.25, 0.3) is 0 Å². The van der Waals surface area contributed by atoms with Crippen LogP contribution in [0.2, 0.25) is 0 Å². The summed E-state index contributed by atoms with van der Waals surface area (Å²) < 4.78 is 5.24. The Morgan fingerprint density at radius 2 is 2.04 bits per heavy atom. The Hall–Kier alpha value is -2.63. The second kappa shape index (κ2) is 6.94. The van der Waals surface area contributed by atoms with Crippen molar-refractivity contribution >= 4 is 11.7 Å². The highest BCUT2D eigenvalue weighted by Gasteiger charge is 2.26. The Bertz CT molecular complexity index is 833. The van der Waals surface area contributed by atoms with Gasteiger partial charge in [0.25, 0.3) is 5.91 Å². The first-order valence-electron chi connectivity index (χ1n) is 9.19. The summed E-state index contributed by atoms with van der Waals surface area (Å²) in [5.74, 6) is 1.79. The fourth-order valence-electron chi connectivity index (χ4n) is 3.45. The predicted molar refractivity (Wildman–Crippen MR) is 99.7 cm³/mol. The molecule has 0 spiro atoms. The average Bonchev–Trinajstić information content (AvgIpc) is 3.47. The lowest BCUT2D eigenvalue weighted by atomic mass is 10.1. The minimum Gasteiger partial charge on any atom is -0.497 e. The number of aromatic nitrogens is 2. The normalized spacial score (nSPS) is 16.6. The number of hydrogen-bond acceptors (Lipinski definition) is 5. The van der Waals surface area contributed by atoms with Crippen LogP contribution in [0.3, 0.4) is 0 Å². The van der Waals surface area contributed by atoms with E-state index in [1.54, 1.807) is 13.4 Å². The van der Waals surface area contributed by atoms with Crippen molar-refractivity contribution in [2.24, 2.45) is 0 Å². The molecule has 2 aliphatic rings. The van der Waals surface area contributed by atoms with Gasteiger partial charge in [-0.2, -0.15) is 0 Å². The highest BCUT2D eigenvalue weighted by atomic mass is 16.5. The van der Waals surface area contributed by atoms with Gasteiger partial charge in [0, 0.05) is 36.7 Å². The summed E-state index contributed by atoms with van der Waals surface area (Å²) in [6.07, 6.45) is 5.60. The van der Waals surface area contributed by atoms with E-state index in [-0.39, 0.29) is 5.91 Å². The van der Waals surface area contributed by atoms with Gasteiger partial charge in [0.1, 0.15) is 17.9 Å². The highest BCUT2D eigenvalue weighted by molar-refractivity contribution is 5.96. The Balaban J connectivity index is 1.52. The highest BCUT2D eigenvalue weighted by Crippen LogP contribution is 2.28. The van der Waals surface area contributed by atoms with E-state index in [0.717, 1.165) is 41.2 Å². The van der Waals surface area contributed by atoms with Crippen LogP contribution < -0.4 is 10.1 Å². The molecule has 1 aromatic carbocycles. The van der Waals surface area contributed by atoms with E-state index >= 15 is 0 Å². The fourth-order valence-corrected chi connectivity index (χ4v) is 3.45. The van der Waals surface area contributed by atoms with Crippen molar-refractivity contribution in [2.45, 2.75) is 38.6 Å². The number of hydrogen-bond donors (Lipinski definition) is 1. The number of anilines is 1. The average molecular weight is 352 g/mol. The number of nitrogens with zero attached hydrogens (tertiary/aromatic N) is 3. The van der Waals surface area contributed by atoms with Gasteiger partial charge >= 0.3 is 0 Å². The molecule has 1 fully saturated rings. The van der Waals surface area contributed by atoms with Gasteiger partial charge in [-0.1, -0.05) is 0 Å². The number of rotatable bonds is 4. The number of nitrogens with one attached hydrogen (secondary N) is 1. The number of carbonyl (C=O) groups excluding carboxylic acids is 1. The molecular weight excluding hydrogens is 328 g/mol. The zero-order valence-electron chi connectivity index (χ0n) is 15.3. The molecule has 0 atom stereocenters. The molecule has 2 heterocycles. The molecule has 6 heteroatoms. The first kappa shape index (κ1) is 16.8. The van der Waals surface area contributed by atoms with Crippen LogP contribution in [0.1, 0.15) is 40.0 Å². The summed E-state index contributed by atoms with van der Waals surface area (Å²) in [6.45, 7) is 3.31. The number of ether oxygens (including phenoxy) is 1. The second-order valence-corrected chi connectivity index (χ2v) is 7.04. The third-order valence-electron chi connectivity index (χ3n) is 5.15. The summed E-state index contributed by atoms with van der Waals surface area (Å²) >= 11 is 0. The van der Waals surface area contributed by atoms with E-state index in [9.17, 15) is 4.79 Å². The molecular formula is C20H24N4O2. The SMILES string of the molecule is COc1ccc(C(=O)N2CCc3ncnc(NC4CC4)c3CC2)c(C)c1. The molecule has 136 valence electrons. The lowest BCUT2D eigenvalue weighted by Crippen LogP contribution is -2.33. The first-order valence-corrected chi connectivity index (χ1v) is 9.19. The number of carbonyl (C=O) groups is 1. The van der Waals surface area contributed by atoms with Crippen LogP contribution in [0.15, 0.2) is 24.5 Å². The molecule has 0 bridgehead atoms. The lowest BCUT2D eigenvalue weighted by molar-refractivity contribution is 0.0762. The van der Waals surface area contributed by atoms with Crippen molar-refractivity contribution in [3.63, 3.8) is 0 Å². The van der Waals surface area contributed by atoms with Crippen LogP contribution in [0, 0.1) is 6.92 Å². The summed E-state index contributed by atoms with van der Waals surface area (Å²) in [6, 6.07) is 6.16. The Morgan fingerprint density at radius 3 is 2.77 bits per heavy atom. The smallest absolute Gasteiger partial charge is 0.254 e. The quantitative estimate of drug-likeness (QED) is 0.916. The van der Waals surface area contributed by atoms with Crippen molar-refractivity contribution in [3.8, 4) is 5.75 Å². The maximum atomic E-state index is 13.0. The minimum atomic E-state index is 0.0719. The molecule has 4 rings (SSSR count).